The van der Waals surface area contributed by atoms with Gasteiger partial charge in [0.05, 0.1) is 5.41 Å². The van der Waals surface area contributed by atoms with Gasteiger partial charge in [-0.3, -0.25) is 4.79 Å². The van der Waals surface area contributed by atoms with E-state index in [0.717, 1.165) is 18.4 Å². The highest BCUT2D eigenvalue weighted by atomic mass is 35.5. The van der Waals surface area contributed by atoms with Crippen molar-refractivity contribution in [3.05, 3.63) is 34.9 Å². The first-order valence-corrected chi connectivity index (χ1v) is 7.05. The van der Waals surface area contributed by atoms with Gasteiger partial charge in [-0.05, 0) is 43.4 Å². The number of hydrogen-bond acceptors (Lipinski definition) is 2. The fraction of sp³-hybridized carbons (Fsp3) is 0.533. The smallest absolute Gasteiger partial charge is 0.230 e. The van der Waals surface area contributed by atoms with Gasteiger partial charge in [0.15, 0.2) is 0 Å². The van der Waals surface area contributed by atoms with E-state index in [4.69, 9.17) is 16.7 Å². The average molecular weight is 282 g/mol. The molecule has 1 fully saturated rings. The zero-order valence-electron chi connectivity index (χ0n) is 11.3. The second-order valence-corrected chi connectivity index (χ2v) is 5.95. The van der Waals surface area contributed by atoms with Gasteiger partial charge in [0, 0.05) is 17.7 Å². The van der Waals surface area contributed by atoms with Crippen LogP contribution in [0.1, 0.15) is 32.3 Å². The van der Waals surface area contributed by atoms with Crippen LogP contribution in [0.3, 0.4) is 0 Å². The quantitative estimate of drug-likeness (QED) is 0.871. The summed E-state index contributed by atoms with van der Waals surface area (Å²) in [5.41, 5.74) is 0.579. The Morgan fingerprint density at radius 1 is 1.47 bits per heavy atom. The third-order valence-corrected chi connectivity index (χ3v) is 4.30. The Hall–Kier alpha value is -1.06. The van der Waals surface area contributed by atoms with E-state index in [9.17, 15) is 4.79 Å². The second-order valence-electron chi connectivity index (χ2n) is 5.51. The van der Waals surface area contributed by atoms with Crippen molar-refractivity contribution in [1.82, 2.24) is 5.32 Å². The van der Waals surface area contributed by atoms with Crippen molar-refractivity contribution in [2.24, 2.45) is 5.92 Å². The van der Waals surface area contributed by atoms with Crippen LogP contribution in [0.15, 0.2) is 24.3 Å². The summed E-state index contributed by atoms with van der Waals surface area (Å²) in [5.74, 6) is 0.0988. The standard InChI is InChI=1S/C15H20ClNO2/c1-10(9-18)11(2)17-14(19)15(6-7-15)12-4-3-5-13(16)8-12/h3-5,8,10-11,18H,6-7,9H2,1-2H3,(H,17,19). The van der Waals surface area contributed by atoms with Crippen LogP contribution in [0.25, 0.3) is 0 Å². The molecule has 3 nitrogen and oxygen atoms in total. The maximum Gasteiger partial charge on any atom is 0.230 e. The third kappa shape index (κ3) is 2.93. The lowest BCUT2D eigenvalue weighted by molar-refractivity contribution is -0.124. The summed E-state index contributed by atoms with van der Waals surface area (Å²) in [7, 11) is 0. The number of aliphatic hydroxyl groups excluding tert-OH is 1. The highest BCUT2D eigenvalue weighted by Crippen LogP contribution is 2.49. The first kappa shape index (κ1) is 14.4. The summed E-state index contributed by atoms with van der Waals surface area (Å²) in [6, 6.07) is 7.49. The Morgan fingerprint density at radius 3 is 2.68 bits per heavy atom. The molecule has 0 bridgehead atoms. The maximum atomic E-state index is 12.4. The van der Waals surface area contributed by atoms with E-state index in [1.165, 1.54) is 0 Å². The molecule has 1 aromatic carbocycles. The predicted molar refractivity (Wildman–Crippen MR) is 76.2 cm³/mol. The molecular weight excluding hydrogens is 262 g/mol. The number of aliphatic hydroxyl groups is 1. The molecule has 1 saturated carbocycles. The van der Waals surface area contributed by atoms with E-state index in [1.54, 1.807) is 0 Å². The zero-order valence-corrected chi connectivity index (χ0v) is 12.1. The van der Waals surface area contributed by atoms with Crippen LogP contribution in [-0.4, -0.2) is 23.7 Å². The van der Waals surface area contributed by atoms with E-state index in [2.05, 4.69) is 5.32 Å². The molecule has 1 amide bonds. The fourth-order valence-corrected chi connectivity index (χ4v) is 2.39. The Balaban J connectivity index is 2.11. The molecular formula is C15H20ClNO2. The molecule has 2 unspecified atom stereocenters. The fourth-order valence-electron chi connectivity index (χ4n) is 2.20. The second kappa shape index (κ2) is 5.51. The van der Waals surface area contributed by atoms with Gasteiger partial charge in [-0.2, -0.15) is 0 Å². The Bertz CT molecular complexity index is 471. The van der Waals surface area contributed by atoms with Gasteiger partial charge in [0.25, 0.3) is 0 Å². The molecule has 0 spiro atoms. The number of hydrogen-bond donors (Lipinski definition) is 2. The van der Waals surface area contributed by atoms with Crippen molar-refractivity contribution in [3.63, 3.8) is 0 Å². The molecule has 0 aromatic heterocycles. The van der Waals surface area contributed by atoms with Crippen LogP contribution in [0, 0.1) is 5.92 Å². The van der Waals surface area contributed by atoms with Gasteiger partial charge >= 0.3 is 0 Å². The molecule has 0 radical (unpaired) electrons. The lowest BCUT2D eigenvalue weighted by Gasteiger charge is -2.23. The highest BCUT2D eigenvalue weighted by Gasteiger charge is 2.51. The van der Waals surface area contributed by atoms with Gasteiger partial charge in [0.1, 0.15) is 0 Å². The molecule has 2 atom stereocenters. The van der Waals surface area contributed by atoms with Crippen molar-refractivity contribution >= 4 is 17.5 Å². The molecule has 2 N–H and O–H groups in total. The van der Waals surface area contributed by atoms with Crippen molar-refractivity contribution in [1.29, 1.82) is 0 Å². The number of amides is 1. The van der Waals surface area contributed by atoms with Crippen LogP contribution in [0.4, 0.5) is 0 Å². The lowest BCUT2D eigenvalue weighted by atomic mass is 9.94. The zero-order chi connectivity index (χ0) is 14.0. The number of carbonyl (C=O) groups is 1. The lowest BCUT2D eigenvalue weighted by Crippen LogP contribution is -2.43. The number of rotatable bonds is 5. The van der Waals surface area contributed by atoms with Gasteiger partial charge in [0.2, 0.25) is 5.91 Å². The predicted octanol–water partition coefficient (Wildman–Crippen LogP) is 2.50. The molecule has 1 aromatic rings. The minimum atomic E-state index is -0.408. The van der Waals surface area contributed by atoms with Crippen molar-refractivity contribution in [2.75, 3.05) is 6.61 Å². The average Bonchev–Trinajstić information content (AvgIpc) is 3.19. The minimum absolute atomic E-state index is 0.0332. The maximum absolute atomic E-state index is 12.4. The summed E-state index contributed by atoms with van der Waals surface area (Å²) in [6.07, 6.45) is 1.72. The van der Waals surface area contributed by atoms with E-state index in [0.29, 0.717) is 5.02 Å². The van der Waals surface area contributed by atoms with Crippen LogP contribution in [-0.2, 0) is 10.2 Å². The van der Waals surface area contributed by atoms with Crippen LogP contribution >= 0.6 is 11.6 Å². The van der Waals surface area contributed by atoms with Crippen LogP contribution in [0.2, 0.25) is 5.02 Å². The molecule has 0 saturated heterocycles. The summed E-state index contributed by atoms with van der Waals surface area (Å²) in [6.45, 7) is 3.92. The summed E-state index contributed by atoms with van der Waals surface area (Å²) >= 11 is 6.00. The molecule has 2 rings (SSSR count). The molecule has 1 aliphatic rings. The monoisotopic (exact) mass is 281 g/mol. The molecule has 19 heavy (non-hydrogen) atoms. The van der Waals surface area contributed by atoms with E-state index in [1.807, 2.05) is 38.1 Å². The number of nitrogens with one attached hydrogen (secondary N) is 1. The van der Waals surface area contributed by atoms with Crippen molar-refractivity contribution < 1.29 is 9.90 Å². The number of halogens is 1. The van der Waals surface area contributed by atoms with Gasteiger partial charge < -0.3 is 10.4 Å². The largest absolute Gasteiger partial charge is 0.396 e. The molecule has 0 aliphatic heterocycles. The SMILES string of the molecule is CC(CO)C(C)NC(=O)C1(c2cccc(Cl)c2)CC1. The van der Waals surface area contributed by atoms with E-state index >= 15 is 0 Å². The first-order chi connectivity index (χ1) is 8.99. The Kier molecular flexibility index (Phi) is 4.16. The first-order valence-electron chi connectivity index (χ1n) is 6.67. The summed E-state index contributed by atoms with van der Waals surface area (Å²) < 4.78 is 0. The third-order valence-electron chi connectivity index (χ3n) is 4.06. The molecule has 1 aliphatic carbocycles. The highest BCUT2D eigenvalue weighted by molar-refractivity contribution is 6.30. The number of carbonyl (C=O) groups excluding carboxylic acids is 1. The van der Waals surface area contributed by atoms with Crippen molar-refractivity contribution in [3.8, 4) is 0 Å². The minimum Gasteiger partial charge on any atom is -0.396 e. The van der Waals surface area contributed by atoms with E-state index < -0.39 is 5.41 Å². The van der Waals surface area contributed by atoms with Crippen LogP contribution in [0.5, 0.6) is 0 Å². The molecule has 0 heterocycles. The topological polar surface area (TPSA) is 49.3 Å². The Morgan fingerprint density at radius 2 is 2.16 bits per heavy atom. The van der Waals surface area contributed by atoms with Crippen molar-refractivity contribution in [2.45, 2.75) is 38.1 Å². The Labute approximate surface area is 119 Å². The van der Waals surface area contributed by atoms with Gasteiger partial charge in [-0.15, -0.1) is 0 Å². The van der Waals surface area contributed by atoms with E-state index in [-0.39, 0.29) is 24.5 Å². The number of benzene rings is 1. The van der Waals surface area contributed by atoms with Gasteiger partial charge in [-0.25, -0.2) is 0 Å². The van der Waals surface area contributed by atoms with Gasteiger partial charge in [-0.1, -0.05) is 30.7 Å². The molecule has 4 heteroatoms. The summed E-state index contributed by atoms with van der Waals surface area (Å²) in [5, 5.41) is 12.8. The van der Waals surface area contributed by atoms with Crippen LogP contribution < -0.4 is 5.32 Å². The normalized spacial score (nSPS) is 19.6. The summed E-state index contributed by atoms with van der Waals surface area (Å²) in [4.78, 5) is 12.4. The molecule has 104 valence electrons.